The molecule has 0 aliphatic carbocycles. The molecule has 2 heterocycles. The van der Waals surface area contributed by atoms with Crippen LogP contribution in [0.5, 0.6) is 17.2 Å². The minimum atomic E-state index is -1.11. The summed E-state index contributed by atoms with van der Waals surface area (Å²) < 4.78 is 30.3. The molecule has 2 aromatic heterocycles. The number of rotatable bonds is 11. The van der Waals surface area contributed by atoms with Crippen LogP contribution in [-0.2, 0) is 0 Å². The first-order valence-electron chi connectivity index (χ1n) is 11.3. The average Bonchev–Trinajstić information content (AvgIpc) is 2.87. The van der Waals surface area contributed by atoms with E-state index in [-0.39, 0.29) is 5.82 Å². The number of hydrogen-bond donors (Lipinski definition) is 3. The van der Waals surface area contributed by atoms with Gasteiger partial charge in [0, 0.05) is 17.8 Å². The Bertz CT molecular complexity index is 1140. The summed E-state index contributed by atoms with van der Waals surface area (Å²) in [6.45, 7) is 3.70. The first-order valence-corrected chi connectivity index (χ1v) is 11.3. The molecule has 0 aliphatic heterocycles. The molecule has 3 N–H and O–H groups in total. The van der Waals surface area contributed by atoms with Crippen LogP contribution in [0.1, 0.15) is 33.1 Å². The normalized spacial score (nSPS) is 12.5. The summed E-state index contributed by atoms with van der Waals surface area (Å²) in [5.74, 6) is 2.14. The molecule has 0 saturated heterocycles. The fraction of sp³-hybridized carbons (Fsp3) is 0.417. The molecular formula is C24H31FN6O4. The molecule has 0 spiro atoms. The lowest BCUT2D eigenvalue weighted by Crippen LogP contribution is -2.43. The monoisotopic (exact) mass is 486 g/mol. The number of amides is 2. The van der Waals surface area contributed by atoms with Gasteiger partial charge in [0.1, 0.15) is 17.5 Å². The Kier molecular flexibility index (Phi) is 8.82. The molecule has 0 saturated carbocycles. The molecule has 3 rings (SSSR count). The molecule has 2 atom stereocenters. The van der Waals surface area contributed by atoms with Crippen molar-refractivity contribution in [3.8, 4) is 17.2 Å². The molecule has 35 heavy (non-hydrogen) atoms. The number of anilines is 3. The third kappa shape index (κ3) is 6.37. The van der Waals surface area contributed by atoms with Crippen molar-refractivity contribution in [2.24, 2.45) is 0 Å². The minimum Gasteiger partial charge on any atom is -0.493 e. The summed E-state index contributed by atoms with van der Waals surface area (Å²) in [5, 5.41) is 8.49. The molecule has 11 heteroatoms. The Morgan fingerprint density at radius 3 is 2.31 bits per heavy atom. The number of nitrogens with one attached hydrogen (secondary N) is 3. The van der Waals surface area contributed by atoms with Crippen LogP contribution in [0.3, 0.4) is 0 Å². The standard InChI is InChI=1S/C24H31FN6O4/c1-6-8-16(15(25)7-2)28-24(32)31-20-10-9-17-23(29-20)30-21(13-26-17)27-14-11-18(33-3)22(35-5)19(12-14)34-4/h9-13,15-16H,6-8H2,1-5H3,(H3,27,28,29,30,31,32). The molecule has 2 amide bonds. The van der Waals surface area contributed by atoms with Gasteiger partial charge < -0.3 is 24.8 Å². The largest absolute Gasteiger partial charge is 0.493 e. The zero-order chi connectivity index (χ0) is 25.4. The Labute approximate surface area is 203 Å². The molecule has 1 aromatic carbocycles. The third-order valence-electron chi connectivity index (χ3n) is 5.33. The topological polar surface area (TPSA) is 120 Å². The molecule has 0 aliphatic rings. The number of halogens is 1. The maximum Gasteiger partial charge on any atom is 0.320 e. The van der Waals surface area contributed by atoms with Crippen LogP contribution in [0.15, 0.2) is 30.5 Å². The van der Waals surface area contributed by atoms with Gasteiger partial charge in [0.25, 0.3) is 0 Å². The van der Waals surface area contributed by atoms with E-state index in [2.05, 4.69) is 30.9 Å². The van der Waals surface area contributed by atoms with E-state index in [1.54, 1.807) is 37.4 Å². The zero-order valence-electron chi connectivity index (χ0n) is 20.5. The highest BCUT2D eigenvalue weighted by Gasteiger charge is 2.21. The molecule has 0 fully saturated rings. The molecule has 0 bridgehead atoms. The van der Waals surface area contributed by atoms with E-state index in [0.29, 0.717) is 52.8 Å². The van der Waals surface area contributed by atoms with E-state index in [1.165, 1.54) is 21.3 Å². The fourth-order valence-corrected chi connectivity index (χ4v) is 3.59. The average molecular weight is 487 g/mol. The number of fused-ring (bicyclic) bond motifs is 1. The number of carbonyl (C=O) groups excluding carboxylic acids is 1. The molecule has 3 aromatic rings. The van der Waals surface area contributed by atoms with Crippen LogP contribution in [0.2, 0.25) is 0 Å². The second kappa shape index (κ2) is 12.0. The Balaban J connectivity index is 1.79. The second-order valence-electron chi connectivity index (χ2n) is 7.75. The van der Waals surface area contributed by atoms with E-state index in [0.717, 1.165) is 6.42 Å². The Morgan fingerprint density at radius 2 is 1.71 bits per heavy atom. The van der Waals surface area contributed by atoms with Gasteiger partial charge in [-0.2, -0.15) is 0 Å². The lowest BCUT2D eigenvalue weighted by molar-refractivity contribution is 0.216. The van der Waals surface area contributed by atoms with E-state index in [4.69, 9.17) is 14.2 Å². The minimum absolute atomic E-state index is 0.274. The summed E-state index contributed by atoms with van der Waals surface area (Å²) in [6.07, 6.45) is 2.09. The maximum atomic E-state index is 14.1. The lowest BCUT2D eigenvalue weighted by Gasteiger charge is -2.21. The third-order valence-corrected chi connectivity index (χ3v) is 5.33. The smallest absolute Gasteiger partial charge is 0.320 e. The predicted molar refractivity (Wildman–Crippen MR) is 133 cm³/mol. The first kappa shape index (κ1) is 25.7. The van der Waals surface area contributed by atoms with E-state index < -0.39 is 18.2 Å². The number of methoxy groups -OCH3 is 3. The number of alkyl halides is 1. The number of ether oxygens (including phenoxy) is 3. The number of nitrogens with zero attached hydrogens (tertiary/aromatic N) is 3. The maximum absolute atomic E-state index is 14.1. The molecule has 10 nitrogen and oxygen atoms in total. The van der Waals surface area contributed by atoms with Crippen molar-refractivity contribution in [1.82, 2.24) is 20.3 Å². The highest BCUT2D eigenvalue weighted by molar-refractivity contribution is 5.89. The Hall–Kier alpha value is -3.89. The van der Waals surface area contributed by atoms with Gasteiger partial charge in [-0.15, -0.1) is 0 Å². The zero-order valence-corrected chi connectivity index (χ0v) is 20.5. The number of urea groups is 1. The van der Waals surface area contributed by atoms with Gasteiger partial charge in [-0.3, -0.25) is 5.32 Å². The summed E-state index contributed by atoms with van der Waals surface area (Å²) in [4.78, 5) is 25.7. The van der Waals surface area contributed by atoms with Gasteiger partial charge in [-0.25, -0.2) is 24.1 Å². The Morgan fingerprint density at radius 1 is 1.03 bits per heavy atom. The van der Waals surface area contributed by atoms with Crippen molar-refractivity contribution in [3.05, 3.63) is 30.5 Å². The van der Waals surface area contributed by atoms with Gasteiger partial charge >= 0.3 is 6.03 Å². The van der Waals surface area contributed by atoms with E-state index >= 15 is 0 Å². The molecule has 0 radical (unpaired) electrons. The number of pyridine rings is 1. The summed E-state index contributed by atoms with van der Waals surface area (Å²) in [5.41, 5.74) is 1.51. The predicted octanol–water partition coefficient (Wildman–Crippen LogP) is 4.83. The summed E-state index contributed by atoms with van der Waals surface area (Å²) in [7, 11) is 4.60. The van der Waals surface area contributed by atoms with Crippen molar-refractivity contribution >= 4 is 34.5 Å². The van der Waals surface area contributed by atoms with Gasteiger partial charge in [0.15, 0.2) is 23.0 Å². The van der Waals surface area contributed by atoms with Crippen molar-refractivity contribution in [2.75, 3.05) is 32.0 Å². The van der Waals surface area contributed by atoms with Gasteiger partial charge in [-0.05, 0) is 25.0 Å². The van der Waals surface area contributed by atoms with Crippen LogP contribution in [-0.4, -0.2) is 54.5 Å². The highest BCUT2D eigenvalue weighted by Crippen LogP contribution is 2.40. The number of hydrogen-bond acceptors (Lipinski definition) is 8. The van der Waals surface area contributed by atoms with Crippen LogP contribution in [0.4, 0.5) is 26.5 Å². The number of benzene rings is 1. The van der Waals surface area contributed by atoms with Crippen molar-refractivity contribution in [1.29, 1.82) is 0 Å². The number of carbonyl (C=O) groups is 1. The van der Waals surface area contributed by atoms with Crippen LogP contribution < -0.4 is 30.2 Å². The molecular weight excluding hydrogens is 455 g/mol. The first-order chi connectivity index (χ1) is 16.9. The summed E-state index contributed by atoms with van der Waals surface area (Å²) >= 11 is 0. The SMILES string of the molecule is CCCC(NC(=O)Nc1ccc2ncc(Nc3cc(OC)c(OC)c(OC)c3)nc2n1)C(F)CC. The van der Waals surface area contributed by atoms with Gasteiger partial charge in [-0.1, -0.05) is 20.3 Å². The van der Waals surface area contributed by atoms with E-state index in [9.17, 15) is 9.18 Å². The fourth-order valence-electron chi connectivity index (χ4n) is 3.59. The van der Waals surface area contributed by atoms with Crippen LogP contribution in [0, 0.1) is 0 Å². The summed E-state index contributed by atoms with van der Waals surface area (Å²) in [6, 6.07) is 5.71. The highest BCUT2D eigenvalue weighted by atomic mass is 19.1. The van der Waals surface area contributed by atoms with Crippen molar-refractivity contribution in [3.63, 3.8) is 0 Å². The second-order valence-corrected chi connectivity index (χ2v) is 7.75. The van der Waals surface area contributed by atoms with Crippen molar-refractivity contribution in [2.45, 2.75) is 45.3 Å². The van der Waals surface area contributed by atoms with Gasteiger partial charge in [0.2, 0.25) is 5.75 Å². The van der Waals surface area contributed by atoms with E-state index in [1.807, 2.05) is 6.92 Å². The van der Waals surface area contributed by atoms with Crippen molar-refractivity contribution < 1.29 is 23.4 Å². The lowest BCUT2D eigenvalue weighted by atomic mass is 10.1. The molecule has 188 valence electrons. The quantitative estimate of drug-likeness (QED) is 0.352. The number of aromatic nitrogens is 3. The van der Waals surface area contributed by atoms with Crippen LogP contribution in [0.25, 0.3) is 11.2 Å². The van der Waals surface area contributed by atoms with Crippen LogP contribution >= 0.6 is 0 Å². The molecule has 2 unspecified atom stereocenters. The van der Waals surface area contributed by atoms with Gasteiger partial charge in [0.05, 0.1) is 33.6 Å².